The summed E-state index contributed by atoms with van der Waals surface area (Å²) < 4.78 is 5.34. The second-order valence-electron chi connectivity index (χ2n) is 4.30. The fourth-order valence-corrected chi connectivity index (χ4v) is 2.06. The fraction of sp³-hybridized carbons (Fsp3) is 0.571. The van der Waals surface area contributed by atoms with Crippen LogP contribution < -0.4 is 4.74 Å². The molecule has 4 nitrogen and oxygen atoms in total. The number of benzene rings is 1. The van der Waals surface area contributed by atoms with Crippen molar-refractivity contribution in [3.05, 3.63) is 23.8 Å². The van der Waals surface area contributed by atoms with E-state index in [0.29, 0.717) is 18.8 Å². The summed E-state index contributed by atoms with van der Waals surface area (Å²) in [6.07, 6.45) is 0.446. The zero-order valence-corrected chi connectivity index (χ0v) is 11.0. The van der Waals surface area contributed by atoms with Gasteiger partial charge in [-0.25, -0.2) is 0 Å². The highest BCUT2D eigenvalue weighted by Gasteiger charge is 2.19. The van der Waals surface area contributed by atoms with Crippen molar-refractivity contribution >= 4 is 0 Å². The summed E-state index contributed by atoms with van der Waals surface area (Å²) >= 11 is 0. The van der Waals surface area contributed by atoms with E-state index in [9.17, 15) is 10.2 Å². The van der Waals surface area contributed by atoms with Gasteiger partial charge in [0, 0.05) is 5.56 Å². The fourth-order valence-electron chi connectivity index (χ4n) is 2.06. The molecule has 4 heteroatoms. The summed E-state index contributed by atoms with van der Waals surface area (Å²) in [6, 6.07) is 5.38. The van der Waals surface area contributed by atoms with Crippen molar-refractivity contribution in [3.8, 4) is 11.5 Å². The van der Waals surface area contributed by atoms with Crippen LogP contribution in [0.1, 0.15) is 38.2 Å². The average Bonchev–Trinajstić information content (AvgIpc) is 2.38. The van der Waals surface area contributed by atoms with Crippen LogP contribution in [0, 0.1) is 0 Å². The lowest BCUT2D eigenvalue weighted by Crippen LogP contribution is -2.16. The third-order valence-corrected chi connectivity index (χ3v) is 3.03. The Hall–Kier alpha value is -1.26. The van der Waals surface area contributed by atoms with E-state index in [1.807, 2.05) is 26.0 Å². The maximum atomic E-state index is 10.1. The zero-order chi connectivity index (χ0) is 13.5. The first-order chi connectivity index (χ1) is 8.63. The Morgan fingerprint density at radius 2 is 2.00 bits per heavy atom. The van der Waals surface area contributed by atoms with E-state index in [0.717, 1.165) is 12.0 Å². The molecule has 0 saturated carbocycles. The number of hydrogen-bond donors (Lipinski definition) is 3. The van der Waals surface area contributed by atoms with Crippen LogP contribution in [-0.2, 0) is 0 Å². The minimum Gasteiger partial charge on any atom is -0.504 e. The molecule has 0 fully saturated rings. The molecule has 0 bridgehead atoms. The molecule has 1 aromatic carbocycles. The van der Waals surface area contributed by atoms with Crippen molar-refractivity contribution in [2.75, 3.05) is 13.2 Å². The lowest BCUT2D eigenvalue weighted by atomic mass is 9.90. The summed E-state index contributed by atoms with van der Waals surface area (Å²) in [7, 11) is 0. The number of phenols is 1. The molecule has 0 heterocycles. The average molecular weight is 254 g/mol. The summed E-state index contributed by atoms with van der Waals surface area (Å²) in [5.41, 5.74) is 0.760. The van der Waals surface area contributed by atoms with Crippen molar-refractivity contribution < 1.29 is 20.1 Å². The predicted octanol–water partition coefficient (Wildman–Crippen LogP) is 2.03. The Labute approximate surface area is 108 Å². The number of para-hydroxylation sites is 1. The van der Waals surface area contributed by atoms with Gasteiger partial charge in [0.1, 0.15) is 0 Å². The largest absolute Gasteiger partial charge is 0.504 e. The van der Waals surface area contributed by atoms with Crippen LogP contribution in [-0.4, -0.2) is 34.6 Å². The second kappa shape index (κ2) is 7.24. The number of ether oxygens (including phenoxy) is 1. The molecule has 2 unspecified atom stereocenters. The molecule has 0 aliphatic carbocycles. The lowest BCUT2D eigenvalue weighted by molar-refractivity contribution is 0.0815. The molecule has 1 aromatic rings. The molecule has 0 aliphatic heterocycles. The molecule has 3 N–H and O–H groups in total. The standard InChI is InChI=1S/C14H22O4/c1-3-10(8-11(16)9-15)12-6-5-7-13(14(12)17)18-4-2/h5-7,10-11,15-17H,3-4,8-9H2,1-2H3. The van der Waals surface area contributed by atoms with E-state index in [-0.39, 0.29) is 18.3 Å². The second-order valence-corrected chi connectivity index (χ2v) is 4.30. The molecule has 2 atom stereocenters. The van der Waals surface area contributed by atoms with Crippen molar-refractivity contribution in [1.82, 2.24) is 0 Å². The van der Waals surface area contributed by atoms with Crippen molar-refractivity contribution in [3.63, 3.8) is 0 Å². The Balaban J connectivity index is 2.94. The summed E-state index contributed by atoms with van der Waals surface area (Å²) in [4.78, 5) is 0. The highest BCUT2D eigenvalue weighted by atomic mass is 16.5. The van der Waals surface area contributed by atoms with E-state index in [2.05, 4.69) is 0 Å². The number of hydrogen-bond acceptors (Lipinski definition) is 4. The third-order valence-electron chi connectivity index (χ3n) is 3.03. The van der Waals surface area contributed by atoms with Crippen LogP contribution in [0.5, 0.6) is 11.5 Å². The van der Waals surface area contributed by atoms with E-state index < -0.39 is 6.10 Å². The van der Waals surface area contributed by atoms with Crippen molar-refractivity contribution in [1.29, 1.82) is 0 Å². The van der Waals surface area contributed by atoms with Gasteiger partial charge in [-0.2, -0.15) is 0 Å². The van der Waals surface area contributed by atoms with Crippen LogP contribution in [0.3, 0.4) is 0 Å². The van der Waals surface area contributed by atoms with Gasteiger partial charge in [-0.3, -0.25) is 0 Å². The molecule has 0 spiro atoms. The third kappa shape index (κ3) is 3.62. The van der Waals surface area contributed by atoms with E-state index >= 15 is 0 Å². The Morgan fingerprint density at radius 1 is 1.28 bits per heavy atom. The van der Waals surface area contributed by atoms with E-state index in [4.69, 9.17) is 9.84 Å². The van der Waals surface area contributed by atoms with Gasteiger partial charge in [0.25, 0.3) is 0 Å². The quantitative estimate of drug-likeness (QED) is 0.696. The van der Waals surface area contributed by atoms with Crippen LogP contribution in [0.15, 0.2) is 18.2 Å². The predicted molar refractivity (Wildman–Crippen MR) is 70.0 cm³/mol. The first-order valence-electron chi connectivity index (χ1n) is 6.37. The van der Waals surface area contributed by atoms with E-state index in [1.165, 1.54) is 0 Å². The SMILES string of the molecule is CCOc1cccc(C(CC)CC(O)CO)c1O. The van der Waals surface area contributed by atoms with Crippen molar-refractivity contribution in [2.24, 2.45) is 0 Å². The Kier molecular flexibility index (Phi) is 5.95. The molecule has 0 amide bonds. The minimum absolute atomic E-state index is 0.00700. The molecule has 0 saturated heterocycles. The molecule has 0 aliphatic rings. The van der Waals surface area contributed by atoms with Crippen LogP contribution in [0.4, 0.5) is 0 Å². The van der Waals surface area contributed by atoms with Crippen LogP contribution in [0.25, 0.3) is 0 Å². The van der Waals surface area contributed by atoms with Gasteiger partial charge < -0.3 is 20.1 Å². The minimum atomic E-state index is -0.759. The first kappa shape index (κ1) is 14.8. The summed E-state index contributed by atoms with van der Waals surface area (Å²) in [6.45, 7) is 4.08. The lowest BCUT2D eigenvalue weighted by Gasteiger charge is -2.20. The highest BCUT2D eigenvalue weighted by Crippen LogP contribution is 2.37. The molecule has 1 rings (SSSR count). The maximum absolute atomic E-state index is 10.1. The zero-order valence-electron chi connectivity index (χ0n) is 11.0. The van der Waals surface area contributed by atoms with Gasteiger partial charge in [0.2, 0.25) is 0 Å². The Morgan fingerprint density at radius 3 is 2.56 bits per heavy atom. The normalized spacial score (nSPS) is 14.2. The number of phenolic OH excluding ortho intramolecular Hbond substituents is 1. The van der Waals surface area contributed by atoms with Crippen molar-refractivity contribution in [2.45, 2.75) is 38.7 Å². The van der Waals surface area contributed by atoms with Gasteiger partial charge in [-0.1, -0.05) is 19.1 Å². The monoisotopic (exact) mass is 254 g/mol. The molecule has 102 valence electrons. The highest BCUT2D eigenvalue weighted by molar-refractivity contribution is 5.47. The Bertz CT molecular complexity index is 365. The van der Waals surface area contributed by atoms with Crippen LogP contribution in [0.2, 0.25) is 0 Å². The number of aromatic hydroxyl groups is 1. The van der Waals surface area contributed by atoms with Gasteiger partial charge >= 0.3 is 0 Å². The molecular weight excluding hydrogens is 232 g/mol. The maximum Gasteiger partial charge on any atom is 0.161 e. The van der Waals surface area contributed by atoms with Crippen LogP contribution >= 0.6 is 0 Å². The molecule has 0 aromatic heterocycles. The van der Waals surface area contributed by atoms with Gasteiger partial charge in [0.15, 0.2) is 11.5 Å². The van der Waals surface area contributed by atoms with Gasteiger partial charge in [0.05, 0.1) is 19.3 Å². The van der Waals surface area contributed by atoms with Gasteiger partial charge in [-0.15, -0.1) is 0 Å². The van der Waals surface area contributed by atoms with Gasteiger partial charge in [-0.05, 0) is 31.7 Å². The number of aliphatic hydroxyl groups excluding tert-OH is 2. The topological polar surface area (TPSA) is 69.9 Å². The van der Waals surface area contributed by atoms with E-state index in [1.54, 1.807) is 6.07 Å². The summed E-state index contributed by atoms with van der Waals surface area (Å²) in [5.74, 6) is 0.607. The smallest absolute Gasteiger partial charge is 0.161 e. The number of aliphatic hydroxyl groups is 2. The first-order valence-corrected chi connectivity index (χ1v) is 6.37. The molecular formula is C14H22O4. The molecule has 0 radical (unpaired) electrons. The molecule has 18 heavy (non-hydrogen) atoms. The summed E-state index contributed by atoms with van der Waals surface area (Å²) in [5, 5.41) is 28.6. The number of rotatable bonds is 7.